The number of carboxylic acids is 1. The van der Waals surface area contributed by atoms with E-state index in [1.807, 2.05) is 31.2 Å². The normalized spacial score (nSPS) is 10.4. The van der Waals surface area contributed by atoms with Crippen LogP contribution in [0.15, 0.2) is 47.4 Å². The molecule has 2 rings (SSSR count). The van der Waals surface area contributed by atoms with Crippen LogP contribution in [0.25, 0.3) is 0 Å². The zero-order valence-corrected chi connectivity index (χ0v) is 11.2. The number of carboxylic acid groups (broad SMARTS) is 1. The molecule has 0 aliphatic carbocycles. The number of aryl methyl sites for hydroxylation is 1. The first kappa shape index (κ1) is 13.6. The molecule has 0 saturated carbocycles. The number of hydrogen-bond acceptors (Lipinski definition) is 2. The van der Waals surface area contributed by atoms with E-state index in [1.54, 1.807) is 6.07 Å². The summed E-state index contributed by atoms with van der Waals surface area (Å²) in [6.45, 7) is 2.02. The number of thioether (sulfide) groups is 1. The smallest absolute Gasteiger partial charge is 0.338 e. The lowest BCUT2D eigenvalue weighted by molar-refractivity contribution is 0.0691. The molecule has 0 atom stereocenters. The molecule has 0 aromatic heterocycles. The van der Waals surface area contributed by atoms with E-state index in [-0.39, 0.29) is 5.56 Å². The van der Waals surface area contributed by atoms with Crippen molar-refractivity contribution >= 4 is 17.7 Å². The minimum atomic E-state index is -1.24. The molecular formula is C15H13FO2S. The molecular weight excluding hydrogens is 263 g/mol. The van der Waals surface area contributed by atoms with Crippen LogP contribution >= 0.6 is 11.8 Å². The van der Waals surface area contributed by atoms with E-state index in [4.69, 9.17) is 5.11 Å². The van der Waals surface area contributed by atoms with E-state index >= 15 is 0 Å². The van der Waals surface area contributed by atoms with Crippen molar-refractivity contribution in [1.82, 2.24) is 0 Å². The molecule has 0 bridgehead atoms. The first-order chi connectivity index (χ1) is 9.06. The van der Waals surface area contributed by atoms with Gasteiger partial charge in [-0.15, -0.1) is 11.8 Å². The fraction of sp³-hybridized carbons (Fsp3) is 0.133. The molecule has 2 nitrogen and oxygen atoms in total. The molecule has 0 unspecified atom stereocenters. The van der Waals surface area contributed by atoms with Crippen LogP contribution in [0.5, 0.6) is 0 Å². The molecule has 0 aliphatic heterocycles. The summed E-state index contributed by atoms with van der Waals surface area (Å²) in [4.78, 5) is 11.6. The van der Waals surface area contributed by atoms with Crippen molar-refractivity contribution in [2.45, 2.75) is 17.6 Å². The van der Waals surface area contributed by atoms with Gasteiger partial charge in [-0.3, -0.25) is 0 Å². The topological polar surface area (TPSA) is 37.3 Å². The minimum Gasteiger partial charge on any atom is -0.478 e. The Morgan fingerprint density at radius 2 is 1.89 bits per heavy atom. The van der Waals surface area contributed by atoms with Gasteiger partial charge in [0.1, 0.15) is 5.82 Å². The lowest BCUT2D eigenvalue weighted by Crippen LogP contribution is -2.00. The highest BCUT2D eigenvalue weighted by molar-refractivity contribution is 7.98. The van der Waals surface area contributed by atoms with Crippen LogP contribution in [0, 0.1) is 12.7 Å². The van der Waals surface area contributed by atoms with Crippen LogP contribution in [0.2, 0.25) is 0 Å². The average Bonchev–Trinajstić information content (AvgIpc) is 2.39. The van der Waals surface area contributed by atoms with Crippen LogP contribution < -0.4 is 0 Å². The molecule has 1 N–H and O–H groups in total. The van der Waals surface area contributed by atoms with E-state index in [0.29, 0.717) is 0 Å². The van der Waals surface area contributed by atoms with Gasteiger partial charge in [0.15, 0.2) is 0 Å². The Kier molecular flexibility index (Phi) is 4.22. The number of benzene rings is 2. The van der Waals surface area contributed by atoms with E-state index in [1.165, 1.54) is 29.5 Å². The van der Waals surface area contributed by atoms with Crippen LogP contribution in [-0.4, -0.2) is 11.1 Å². The minimum absolute atomic E-state index is 0.283. The summed E-state index contributed by atoms with van der Waals surface area (Å²) in [6, 6.07) is 12.3. The van der Waals surface area contributed by atoms with Gasteiger partial charge >= 0.3 is 5.97 Å². The SMILES string of the molecule is Cc1ccc(CSc2ccc(F)c(C(=O)O)c2)cc1. The number of halogens is 1. The zero-order chi connectivity index (χ0) is 13.8. The Bertz CT molecular complexity index is 594. The first-order valence-electron chi connectivity index (χ1n) is 5.77. The fourth-order valence-corrected chi connectivity index (χ4v) is 2.50. The Morgan fingerprint density at radius 1 is 1.21 bits per heavy atom. The predicted molar refractivity (Wildman–Crippen MR) is 74.1 cm³/mol. The number of carbonyl (C=O) groups is 1. The second-order valence-electron chi connectivity index (χ2n) is 4.22. The van der Waals surface area contributed by atoms with Gasteiger partial charge in [0.25, 0.3) is 0 Å². The van der Waals surface area contributed by atoms with Crippen molar-refractivity contribution in [2.24, 2.45) is 0 Å². The summed E-state index contributed by atoms with van der Waals surface area (Å²) >= 11 is 1.49. The quantitative estimate of drug-likeness (QED) is 0.853. The van der Waals surface area contributed by atoms with Gasteiger partial charge in [0, 0.05) is 10.6 Å². The van der Waals surface area contributed by atoms with Crippen LogP contribution in [0.3, 0.4) is 0 Å². The van der Waals surface area contributed by atoms with Gasteiger partial charge in [-0.25, -0.2) is 9.18 Å². The maximum Gasteiger partial charge on any atom is 0.338 e. The van der Waals surface area contributed by atoms with Gasteiger partial charge in [-0.05, 0) is 30.7 Å². The molecule has 0 amide bonds. The largest absolute Gasteiger partial charge is 0.478 e. The van der Waals surface area contributed by atoms with Crippen LogP contribution in [-0.2, 0) is 5.75 Å². The third-order valence-corrected chi connectivity index (χ3v) is 3.76. The fourth-order valence-electron chi connectivity index (χ4n) is 1.61. The van der Waals surface area contributed by atoms with Crippen molar-refractivity contribution in [3.63, 3.8) is 0 Å². The lowest BCUT2D eigenvalue weighted by atomic mass is 10.2. The van der Waals surface area contributed by atoms with Gasteiger partial charge in [0.2, 0.25) is 0 Å². The Labute approximate surface area is 115 Å². The molecule has 0 radical (unpaired) electrons. The van der Waals surface area contributed by atoms with Crippen molar-refractivity contribution in [1.29, 1.82) is 0 Å². The number of hydrogen-bond donors (Lipinski definition) is 1. The highest BCUT2D eigenvalue weighted by atomic mass is 32.2. The third kappa shape index (κ3) is 3.58. The monoisotopic (exact) mass is 276 g/mol. The molecule has 0 spiro atoms. The Morgan fingerprint density at radius 3 is 2.53 bits per heavy atom. The lowest BCUT2D eigenvalue weighted by Gasteiger charge is -2.04. The maximum absolute atomic E-state index is 13.2. The molecule has 2 aromatic rings. The Balaban J connectivity index is 2.09. The van der Waals surface area contributed by atoms with E-state index in [0.717, 1.165) is 16.2 Å². The zero-order valence-electron chi connectivity index (χ0n) is 10.4. The van der Waals surface area contributed by atoms with Gasteiger partial charge < -0.3 is 5.11 Å². The van der Waals surface area contributed by atoms with Gasteiger partial charge in [0.05, 0.1) is 5.56 Å². The second kappa shape index (κ2) is 5.89. The summed E-state index contributed by atoms with van der Waals surface area (Å²) in [5.41, 5.74) is 2.06. The first-order valence-corrected chi connectivity index (χ1v) is 6.76. The van der Waals surface area contributed by atoms with E-state index in [2.05, 4.69) is 0 Å². The summed E-state index contributed by atoms with van der Waals surface area (Å²) in [5, 5.41) is 8.86. The molecule has 2 aromatic carbocycles. The third-order valence-electron chi connectivity index (χ3n) is 2.69. The van der Waals surface area contributed by atoms with Crippen molar-refractivity contribution in [2.75, 3.05) is 0 Å². The second-order valence-corrected chi connectivity index (χ2v) is 5.27. The standard InChI is InChI=1S/C15H13FO2S/c1-10-2-4-11(5-3-10)9-19-12-6-7-14(16)13(8-12)15(17)18/h2-8H,9H2,1H3,(H,17,18). The van der Waals surface area contributed by atoms with Crippen LogP contribution in [0.4, 0.5) is 4.39 Å². The summed E-state index contributed by atoms with van der Waals surface area (Å²) in [7, 11) is 0. The molecule has 0 heterocycles. The van der Waals surface area contributed by atoms with E-state index in [9.17, 15) is 9.18 Å². The van der Waals surface area contributed by atoms with Crippen molar-refractivity contribution in [3.05, 3.63) is 65.0 Å². The van der Waals surface area contributed by atoms with Crippen molar-refractivity contribution in [3.8, 4) is 0 Å². The van der Waals surface area contributed by atoms with Crippen LogP contribution in [0.1, 0.15) is 21.5 Å². The highest BCUT2D eigenvalue weighted by Crippen LogP contribution is 2.25. The summed E-state index contributed by atoms with van der Waals surface area (Å²) < 4.78 is 13.2. The molecule has 0 saturated heterocycles. The van der Waals surface area contributed by atoms with E-state index < -0.39 is 11.8 Å². The number of rotatable bonds is 4. The average molecular weight is 276 g/mol. The van der Waals surface area contributed by atoms with Crippen molar-refractivity contribution < 1.29 is 14.3 Å². The molecule has 98 valence electrons. The van der Waals surface area contributed by atoms with Gasteiger partial charge in [-0.2, -0.15) is 0 Å². The predicted octanol–water partition coefficient (Wildman–Crippen LogP) is 4.12. The highest BCUT2D eigenvalue weighted by Gasteiger charge is 2.10. The summed E-state index contributed by atoms with van der Waals surface area (Å²) in [6.07, 6.45) is 0. The number of aromatic carboxylic acids is 1. The van der Waals surface area contributed by atoms with Gasteiger partial charge in [-0.1, -0.05) is 29.8 Å². The molecule has 4 heteroatoms. The summed E-state index contributed by atoms with van der Waals surface area (Å²) in [5.74, 6) is -1.22. The maximum atomic E-state index is 13.2. The molecule has 19 heavy (non-hydrogen) atoms. The molecule has 0 fully saturated rings. The molecule has 0 aliphatic rings. The Hall–Kier alpha value is -1.81.